The number of halogens is 1. The van der Waals surface area contributed by atoms with Gasteiger partial charge in [-0.3, -0.25) is 9.59 Å². The van der Waals surface area contributed by atoms with Gasteiger partial charge in [0, 0.05) is 24.5 Å². The Morgan fingerprint density at radius 1 is 1.26 bits per heavy atom. The van der Waals surface area contributed by atoms with Crippen LogP contribution in [0.1, 0.15) is 23.7 Å². The van der Waals surface area contributed by atoms with Crippen LogP contribution in [0, 0.1) is 0 Å². The Morgan fingerprint density at radius 2 is 1.95 bits per heavy atom. The molecule has 0 aliphatic rings. The molecule has 0 bridgehead atoms. The van der Waals surface area contributed by atoms with Crippen LogP contribution in [0.3, 0.4) is 0 Å². The van der Waals surface area contributed by atoms with Crippen LogP contribution in [0.2, 0.25) is 5.02 Å². The lowest BCUT2D eigenvalue weighted by Crippen LogP contribution is -2.34. The second-order valence-corrected chi connectivity index (χ2v) is 4.24. The molecule has 5 nitrogen and oxygen atoms in total. The second-order valence-electron chi connectivity index (χ2n) is 3.80. The summed E-state index contributed by atoms with van der Waals surface area (Å²) in [5.41, 5.74) is 0.372. The third-order valence-electron chi connectivity index (χ3n) is 2.46. The first-order valence-corrected chi connectivity index (χ1v) is 6.34. The number of amides is 2. The van der Waals surface area contributed by atoms with Gasteiger partial charge in [-0.25, -0.2) is 0 Å². The molecule has 0 radical (unpaired) electrons. The third-order valence-corrected chi connectivity index (χ3v) is 2.70. The highest BCUT2D eigenvalue weighted by Crippen LogP contribution is 2.22. The van der Waals surface area contributed by atoms with Crippen molar-refractivity contribution in [3.63, 3.8) is 0 Å². The third kappa shape index (κ3) is 4.79. The van der Waals surface area contributed by atoms with E-state index in [1.807, 2.05) is 0 Å². The van der Waals surface area contributed by atoms with Crippen molar-refractivity contribution >= 4 is 23.4 Å². The van der Waals surface area contributed by atoms with Crippen LogP contribution in [-0.4, -0.2) is 32.0 Å². The average Bonchev–Trinajstić information content (AvgIpc) is 2.42. The molecule has 6 heteroatoms. The summed E-state index contributed by atoms with van der Waals surface area (Å²) in [4.78, 5) is 22.9. The van der Waals surface area contributed by atoms with Gasteiger partial charge in [0.1, 0.15) is 5.75 Å². The Morgan fingerprint density at radius 3 is 2.58 bits per heavy atom. The number of benzene rings is 1. The zero-order valence-electron chi connectivity index (χ0n) is 11.0. The second kappa shape index (κ2) is 7.63. The lowest BCUT2D eigenvalue weighted by Gasteiger charge is -2.10. The SMILES string of the molecule is CCC(=O)NCCNC(=O)c1cc(Cl)ccc1OC. The predicted octanol–water partition coefficient (Wildman–Crippen LogP) is 1.60. The summed E-state index contributed by atoms with van der Waals surface area (Å²) in [6.07, 6.45) is 0.427. The number of hydrogen-bond acceptors (Lipinski definition) is 3. The summed E-state index contributed by atoms with van der Waals surface area (Å²) in [5.74, 6) is 0.124. The molecule has 0 heterocycles. The molecule has 1 rings (SSSR count). The number of carbonyl (C=O) groups excluding carboxylic acids is 2. The van der Waals surface area contributed by atoms with Crippen LogP contribution >= 0.6 is 11.6 Å². The van der Waals surface area contributed by atoms with Crippen molar-refractivity contribution in [3.05, 3.63) is 28.8 Å². The molecule has 0 atom stereocenters. The Balaban J connectivity index is 2.54. The first kappa shape index (κ1) is 15.3. The highest BCUT2D eigenvalue weighted by molar-refractivity contribution is 6.31. The molecule has 104 valence electrons. The zero-order chi connectivity index (χ0) is 14.3. The van der Waals surface area contributed by atoms with Gasteiger partial charge in [-0.2, -0.15) is 0 Å². The van der Waals surface area contributed by atoms with Gasteiger partial charge in [0.05, 0.1) is 12.7 Å². The predicted molar refractivity (Wildman–Crippen MR) is 73.6 cm³/mol. The van der Waals surface area contributed by atoms with E-state index in [0.717, 1.165) is 0 Å². The van der Waals surface area contributed by atoms with Crippen molar-refractivity contribution in [1.82, 2.24) is 10.6 Å². The fourth-order valence-corrected chi connectivity index (χ4v) is 1.63. The smallest absolute Gasteiger partial charge is 0.255 e. The minimum atomic E-state index is -0.287. The standard InChI is InChI=1S/C13H17ClN2O3/c1-3-12(17)15-6-7-16-13(18)10-8-9(14)4-5-11(10)19-2/h4-5,8H,3,6-7H2,1-2H3,(H,15,17)(H,16,18). The number of nitrogens with one attached hydrogen (secondary N) is 2. The minimum absolute atomic E-state index is 0.0467. The van der Waals surface area contributed by atoms with Gasteiger partial charge in [-0.15, -0.1) is 0 Å². The number of rotatable bonds is 6. The lowest BCUT2D eigenvalue weighted by molar-refractivity contribution is -0.120. The van der Waals surface area contributed by atoms with Crippen molar-refractivity contribution < 1.29 is 14.3 Å². The molecular weight excluding hydrogens is 268 g/mol. The van der Waals surface area contributed by atoms with Crippen molar-refractivity contribution in [1.29, 1.82) is 0 Å². The van der Waals surface area contributed by atoms with Gasteiger partial charge in [0.15, 0.2) is 0 Å². The van der Waals surface area contributed by atoms with E-state index in [-0.39, 0.29) is 11.8 Å². The topological polar surface area (TPSA) is 67.4 Å². The molecule has 2 N–H and O–H groups in total. The van der Waals surface area contributed by atoms with Gasteiger partial charge in [-0.05, 0) is 18.2 Å². The number of methoxy groups -OCH3 is 1. The van der Waals surface area contributed by atoms with Crippen LogP contribution in [0.5, 0.6) is 5.75 Å². The van der Waals surface area contributed by atoms with Gasteiger partial charge in [0.2, 0.25) is 5.91 Å². The van der Waals surface area contributed by atoms with E-state index >= 15 is 0 Å². The van der Waals surface area contributed by atoms with E-state index in [1.165, 1.54) is 7.11 Å². The normalized spacial score (nSPS) is 9.84. The van der Waals surface area contributed by atoms with Gasteiger partial charge >= 0.3 is 0 Å². The number of ether oxygens (including phenoxy) is 1. The summed E-state index contributed by atoms with van der Waals surface area (Å²) in [5, 5.41) is 5.82. The highest BCUT2D eigenvalue weighted by Gasteiger charge is 2.12. The molecular formula is C13H17ClN2O3. The van der Waals surface area contributed by atoms with Gasteiger partial charge in [0.25, 0.3) is 5.91 Å². The fourth-order valence-electron chi connectivity index (χ4n) is 1.46. The summed E-state index contributed by atoms with van der Waals surface area (Å²) >= 11 is 5.85. The van der Waals surface area contributed by atoms with Gasteiger partial charge < -0.3 is 15.4 Å². The monoisotopic (exact) mass is 284 g/mol. The van der Waals surface area contributed by atoms with E-state index < -0.39 is 0 Å². The number of carbonyl (C=O) groups is 2. The Labute approximate surface area is 117 Å². The summed E-state index contributed by atoms with van der Waals surface area (Å²) in [7, 11) is 1.49. The summed E-state index contributed by atoms with van der Waals surface area (Å²) < 4.78 is 5.09. The number of hydrogen-bond donors (Lipinski definition) is 2. The molecule has 0 saturated carbocycles. The lowest BCUT2D eigenvalue weighted by atomic mass is 10.2. The molecule has 0 aliphatic carbocycles. The molecule has 2 amide bonds. The van der Waals surface area contributed by atoms with Crippen molar-refractivity contribution in [2.45, 2.75) is 13.3 Å². The quantitative estimate of drug-likeness (QED) is 0.780. The first-order valence-electron chi connectivity index (χ1n) is 5.97. The van der Waals surface area contributed by atoms with Crippen LogP contribution in [0.15, 0.2) is 18.2 Å². The highest BCUT2D eigenvalue weighted by atomic mass is 35.5. The van der Waals surface area contributed by atoms with Crippen LogP contribution < -0.4 is 15.4 Å². The zero-order valence-corrected chi connectivity index (χ0v) is 11.7. The van der Waals surface area contributed by atoms with Crippen molar-refractivity contribution in [2.75, 3.05) is 20.2 Å². The van der Waals surface area contributed by atoms with Crippen molar-refractivity contribution in [3.8, 4) is 5.75 Å². The fraction of sp³-hybridized carbons (Fsp3) is 0.385. The largest absolute Gasteiger partial charge is 0.496 e. The molecule has 1 aromatic rings. The minimum Gasteiger partial charge on any atom is -0.496 e. The van der Waals surface area contributed by atoms with Gasteiger partial charge in [-0.1, -0.05) is 18.5 Å². The van der Waals surface area contributed by atoms with E-state index in [9.17, 15) is 9.59 Å². The van der Waals surface area contributed by atoms with E-state index in [4.69, 9.17) is 16.3 Å². The molecule has 0 spiro atoms. The molecule has 0 fully saturated rings. The van der Waals surface area contributed by atoms with Crippen LogP contribution in [-0.2, 0) is 4.79 Å². The Hall–Kier alpha value is -1.75. The molecule has 0 unspecified atom stereocenters. The summed E-state index contributed by atoms with van der Waals surface area (Å²) in [6, 6.07) is 4.83. The molecule has 0 aromatic heterocycles. The van der Waals surface area contributed by atoms with Crippen LogP contribution in [0.4, 0.5) is 0 Å². The molecule has 1 aromatic carbocycles. The maximum absolute atomic E-state index is 11.9. The van der Waals surface area contributed by atoms with Crippen LogP contribution in [0.25, 0.3) is 0 Å². The average molecular weight is 285 g/mol. The molecule has 0 aliphatic heterocycles. The first-order chi connectivity index (χ1) is 9.08. The van der Waals surface area contributed by atoms with E-state index in [0.29, 0.717) is 35.8 Å². The maximum Gasteiger partial charge on any atom is 0.255 e. The Kier molecular flexibility index (Phi) is 6.15. The molecule has 0 saturated heterocycles. The van der Waals surface area contributed by atoms with E-state index in [2.05, 4.69) is 10.6 Å². The molecule has 19 heavy (non-hydrogen) atoms. The van der Waals surface area contributed by atoms with Crippen molar-refractivity contribution in [2.24, 2.45) is 0 Å². The van der Waals surface area contributed by atoms with E-state index in [1.54, 1.807) is 25.1 Å². The Bertz CT molecular complexity index is 463. The maximum atomic E-state index is 11.9. The summed E-state index contributed by atoms with van der Waals surface area (Å²) in [6.45, 7) is 2.51.